The lowest BCUT2D eigenvalue weighted by Crippen LogP contribution is -2.46. The number of morpholine rings is 1. The van der Waals surface area contributed by atoms with Crippen molar-refractivity contribution in [3.63, 3.8) is 0 Å². The van der Waals surface area contributed by atoms with Gasteiger partial charge in [0.05, 0.1) is 39.5 Å². The van der Waals surface area contributed by atoms with E-state index in [1.807, 2.05) is 4.90 Å². The summed E-state index contributed by atoms with van der Waals surface area (Å²) >= 11 is 0. The number of hydrogen-bond donors (Lipinski definition) is 1. The highest BCUT2D eigenvalue weighted by molar-refractivity contribution is 5.97. The number of nitrogens with one attached hydrogen (secondary N) is 1. The predicted molar refractivity (Wildman–Crippen MR) is 151 cm³/mol. The van der Waals surface area contributed by atoms with E-state index in [1.165, 1.54) is 12.7 Å². The summed E-state index contributed by atoms with van der Waals surface area (Å²) in [5, 5.41) is 2.90. The summed E-state index contributed by atoms with van der Waals surface area (Å²) < 4.78 is 15.9. The van der Waals surface area contributed by atoms with Crippen molar-refractivity contribution in [2.24, 2.45) is 11.8 Å². The molecule has 10 heteroatoms. The Bertz CT molecular complexity index is 1120. The molecule has 0 radical (unpaired) electrons. The van der Waals surface area contributed by atoms with Crippen LogP contribution in [0, 0.1) is 11.8 Å². The zero-order chi connectivity index (χ0) is 29.4. The Kier molecular flexibility index (Phi) is 10.8. The van der Waals surface area contributed by atoms with Gasteiger partial charge < -0.3 is 19.5 Å². The van der Waals surface area contributed by atoms with Crippen molar-refractivity contribution in [2.45, 2.75) is 70.4 Å². The molecular formula is C31H43N3O7. The van der Waals surface area contributed by atoms with Gasteiger partial charge >= 0.3 is 0 Å². The molecule has 0 saturated carbocycles. The molecule has 2 fully saturated rings. The second-order valence-electron chi connectivity index (χ2n) is 11.7. The Hall–Kier alpha value is -2.95. The number of carbonyl (C=O) groups excluding carboxylic acids is 4. The number of Topliss-reactive ketones (excluding diaryl/α,β-unsaturated/α-hetero) is 3. The second kappa shape index (κ2) is 14.3. The number of ether oxygens (including phenoxy) is 3. The smallest absolute Gasteiger partial charge is 0.223 e. The number of rotatable bonds is 16. The molecule has 1 aromatic rings. The number of nitrogens with zero attached hydrogens (tertiary/aromatic N) is 2. The first kappa shape index (κ1) is 31.0. The summed E-state index contributed by atoms with van der Waals surface area (Å²) in [6, 6.07) is 2.64. The number of allylic oxidation sites excluding steroid dienone is 2. The van der Waals surface area contributed by atoms with E-state index in [4.69, 9.17) is 14.2 Å². The van der Waals surface area contributed by atoms with Crippen LogP contribution >= 0.6 is 0 Å². The van der Waals surface area contributed by atoms with Gasteiger partial charge in [-0.2, -0.15) is 0 Å². The average molecular weight is 570 g/mol. The number of epoxide rings is 1. The van der Waals surface area contributed by atoms with Gasteiger partial charge in [-0.15, -0.1) is 0 Å². The van der Waals surface area contributed by atoms with Crippen LogP contribution in [0.2, 0.25) is 0 Å². The van der Waals surface area contributed by atoms with Gasteiger partial charge in [-0.05, 0) is 38.2 Å². The van der Waals surface area contributed by atoms with Gasteiger partial charge in [0.1, 0.15) is 11.4 Å². The number of hydrogen-bond acceptors (Lipinski definition) is 9. The standard InChI is InChI=1S/C31H43N3O7/c1-21(14-25(35)19-34-10-12-40-13-11-34)30(38)33-26(16-23-8-9-28(39-3)32-18-23)27(36)17-24(15-22-6-4-5-7-22)29(37)31(2)20-41-31/h6,8-9,18,21,24,26H,4-5,7,10-17,19-20H2,1-3H3,(H,33,38)/t21-,24-,26+,31-/m1/s1. The molecule has 1 N–H and O–H groups in total. The number of methoxy groups -OCH3 is 1. The van der Waals surface area contributed by atoms with Gasteiger partial charge in [-0.1, -0.05) is 24.6 Å². The topological polar surface area (TPSA) is 127 Å². The third-order valence-corrected chi connectivity index (χ3v) is 8.20. The van der Waals surface area contributed by atoms with Crippen LogP contribution in [0.5, 0.6) is 5.88 Å². The Morgan fingerprint density at radius 2 is 1.90 bits per heavy atom. The first-order chi connectivity index (χ1) is 19.7. The van der Waals surface area contributed by atoms with E-state index >= 15 is 0 Å². The van der Waals surface area contributed by atoms with Crippen LogP contribution in [0.1, 0.15) is 57.9 Å². The first-order valence-electron chi connectivity index (χ1n) is 14.7. The van der Waals surface area contributed by atoms with E-state index in [9.17, 15) is 19.2 Å². The van der Waals surface area contributed by atoms with E-state index in [0.717, 1.165) is 24.8 Å². The van der Waals surface area contributed by atoms with Crippen molar-refractivity contribution in [3.05, 3.63) is 35.5 Å². The fraction of sp³-hybridized carbons (Fsp3) is 0.645. The molecule has 1 amide bonds. The SMILES string of the molecule is COc1ccc(C[C@H](NC(=O)[C@H](C)CC(=O)CN2CCOCC2)C(=O)C[C@@H](CC2=CCCC2)C(=O)[C@@]2(C)CO2)cn1. The van der Waals surface area contributed by atoms with Gasteiger partial charge in [0, 0.05) is 56.5 Å². The molecule has 0 aromatic carbocycles. The van der Waals surface area contributed by atoms with Crippen molar-refractivity contribution < 1.29 is 33.4 Å². The fourth-order valence-electron chi connectivity index (χ4n) is 5.52. The van der Waals surface area contributed by atoms with Gasteiger partial charge in [-0.25, -0.2) is 4.98 Å². The van der Waals surface area contributed by atoms with Gasteiger partial charge in [-0.3, -0.25) is 24.1 Å². The minimum atomic E-state index is -0.865. The second-order valence-corrected chi connectivity index (χ2v) is 11.7. The summed E-state index contributed by atoms with van der Waals surface area (Å²) in [5.41, 5.74) is 1.12. The van der Waals surface area contributed by atoms with Crippen LogP contribution in [-0.4, -0.2) is 91.3 Å². The van der Waals surface area contributed by atoms with Gasteiger partial charge in [0.15, 0.2) is 11.6 Å². The van der Waals surface area contributed by atoms with Crippen molar-refractivity contribution in [3.8, 4) is 5.88 Å². The molecule has 0 bridgehead atoms. The quantitative estimate of drug-likeness (QED) is 0.236. The lowest BCUT2D eigenvalue weighted by Gasteiger charge is -2.26. The summed E-state index contributed by atoms with van der Waals surface area (Å²) in [4.78, 5) is 59.3. The average Bonchev–Trinajstić information content (AvgIpc) is 3.51. The minimum Gasteiger partial charge on any atom is -0.481 e. The number of pyridine rings is 1. The lowest BCUT2D eigenvalue weighted by molar-refractivity contribution is -0.134. The molecule has 41 heavy (non-hydrogen) atoms. The number of amides is 1. The molecule has 3 aliphatic rings. The molecule has 0 unspecified atom stereocenters. The largest absolute Gasteiger partial charge is 0.481 e. The third-order valence-electron chi connectivity index (χ3n) is 8.20. The first-order valence-corrected chi connectivity index (χ1v) is 14.7. The molecule has 4 atom stereocenters. The zero-order valence-corrected chi connectivity index (χ0v) is 24.5. The van der Waals surface area contributed by atoms with Crippen molar-refractivity contribution >= 4 is 23.3 Å². The van der Waals surface area contributed by atoms with Crippen molar-refractivity contribution in [2.75, 3.05) is 46.6 Å². The Morgan fingerprint density at radius 1 is 1.15 bits per heavy atom. The molecule has 3 heterocycles. The maximum atomic E-state index is 13.8. The minimum absolute atomic E-state index is 0.00793. The monoisotopic (exact) mass is 569 g/mol. The molecule has 10 nitrogen and oxygen atoms in total. The molecule has 224 valence electrons. The third kappa shape index (κ3) is 9.02. The summed E-state index contributed by atoms with van der Waals surface area (Å²) in [7, 11) is 1.53. The molecule has 2 saturated heterocycles. The molecule has 4 rings (SSSR count). The van der Waals surface area contributed by atoms with Crippen molar-refractivity contribution in [1.29, 1.82) is 0 Å². The lowest BCUT2D eigenvalue weighted by atomic mass is 9.83. The highest BCUT2D eigenvalue weighted by Crippen LogP contribution is 2.35. The van der Waals surface area contributed by atoms with Crippen LogP contribution in [0.4, 0.5) is 0 Å². The highest BCUT2D eigenvalue weighted by Gasteiger charge is 2.50. The van der Waals surface area contributed by atoms with E-state index in [2.05, 4.69) is 16.4 Å². The van der Waals surface area contributed by atoms with Crippen molar-refractivity contribution in [1.82, 2.24) is 15.2 Å². The molecule has 1 aromatic heterocycles. The van der Waals surface area contributed by atoms with Crippen LogP contribution in [0.15, 0.2) is 30.0 Å². The predicted octanol–water partition coefficient (Wildman–Crippen LogP) is 2.48. The number of ketones is 3. The highest BCUT2D eigenvalue weighted by atomic mass is 16.6. The molecule has 0 spiro atoms. The van der Waals surface area contributed by atoms with E-state index in [1.54, 1.807) is 32.2 Å². The number of carbonyl (C=O) groups is 4. The maximum Gasteiger partial charge on any atom is 0.223 e. The Labute approximate surface area is 242 Å². The Balaban J connectivity index is 1.44. The van der Waals surface area contributed by atoms with Crippen LogP contribution in [-0.2, 0) is 35.1 Å². The summed E-state index contributed by atoms with van der Waals surface area (Å²) in [6.07, 6.45) is 7.60. The summed E-state index contributed by atoms with van der Waals surface area (Å²) in [6.45, 7) is 6.70. The fourth-order valence-corrected chi connectivity index (χ4v) is 5.52. The molecular weight excluding hydrogens is 526 g/mol. The van der Waals surface area contributed by atoms with E-state index in [0.29, 0.717) is 45.2 Å². The van der Waals surface area contributed by atoms with Gasteiger partial charge in [0.25, 0.3) is 0 Å². The van der Waals surface area contributed by atoms with Crippen LogP contribution in [0.3, 0.4) is 0 Å². The molecule has 1 aliphatic carbocycles. The molecule has 2 aliphatic heterocycles. The summed E-state index contributed by atoms with van der Waals surface area (Å²) in [5.74, 6) is -1.34. The normalized spacial score (nSPS) is 22.8. The Morgan fingerprint density at radius 3 is 2.51 bits per heavy atom. The van der Waals surface area contributed by atoms with E-state index in [-0.39, 0.29) is 49.1 Å². The van der Waals surface area contributed by atoms with E-state index < -0.39 is 23.5 Å². The van der Waals surface area contributed by atoms with Crippen LogP contribution in [0.25, 0.3) is 0 Å². The van der Waals surface area contributed by atoms with Crippen LogP contribution < -0.4 is 10.1 Å². The maximum absolute atomic E-state index is 13.8. The number of aromatic nitrogens is 1. The van der Waals surface area contributed by atoms with Gasteiger partial charge in [0.2, 0.25) is 11.8 Å². The zero-order valence-electron chi connectivity index (χ0n) is 24.5.